The lowest BCUT2D eigenvalue weighted by Gasteiger charge is -2.16. The highest BCUT2D eigenvalue weighted by molar-refractivity contribution is 9.10. The first-order valence-corrected chi connectivity index (χ1v) is 6.16. The van der Waals surface area contributed by atoms with Crippen LogP contribution in [0.15, 0.2) is 35.1 Å². The van der Waals surface area contributed by atoms with Crippen molar-refractivity contribution in [2.45, 2.75) is 6.54 Å². The molecule has 0 aliphatic carbocycles. The number of carbonyl (C=O) groups is 1. The van der Waals surface area contributed by atoms with Crippen LogP contribution in [-0.2, 0) is 6.54 Å². The molecule has 0 atom stereocenters. The van der Waals surface area contributed by atoms with Gasteiger partial charge in [0, 0.05) is 35.2 Å². The molecule has 5 nitrogen and oxygen atoms in total. The third-order valence-electron chi connectivity index (χ3n) is 2.54. The van der Waals surface area contributed by atoms with Gasteiger partial charge < -0.3 is 15.6 Å². The van der Waals surface area contributed by atoms with Crippen molar-refractivity contribution in [2.24, 2.45) is 0 Å². The maximum absolute atomic E-state index is 12.2. The molecule has 94 valence electrons. The molecule has 0 fully saturated rings. The zero-order chi connectivity index (χ0) is 13.1. The number of carbonyl (C=O) groups excluding carboxylic acids is 1. The third kappa shape index (κ3) is 2.70. The van der Waals surface area contributed by atoms with Crippen LogP contribution in [-0.4, -0.2) is 27.8 Å². The summed E-state index contributed by atoms with van der Waals surface area (Å²) in [5.74, 6) is 0.674. The predicted molar refractivity (Wildman–Crippen MR) is 72.9 cm³/mol. The molecular weight excluding hydrogens is 296 g/mol. The second-order valence-corrected chi connectivity index (χ2v) is 4.79. The summed E-state index contributed by atoms with van der Waals surface area (Å²) in [6.07, 6.45) is 3.39. The van der Waals surface area contributed by atoms with Crippen LogP contribution in [0.4, 0.5) is 5.69 Å². The van der Waals surface area contributed by atoms with E-state index in [-0.39, 0.29) is 5.91 Å². The zero-order valence-corrected chi connectivity index (χ0v) is 11.4. The van der Waals surface area contributed by atoms with E-state index in [4.69, 9.17) is 5.73 Å². The number of anilines is 1. The average molecular weight is 309 g/mol. The highest BCUT2D eigenvalue weighted by atomic mass is 79.9. The zero-order valence-electron chi connectivity index (χ0n) is 9.85. The lowest BCUT2D eigenvalue weighted by molar-refractivity contribution is 0.0782. The third-order valence-corrected chi connectivity index (χ3v) is 3.22. The van der Waals surface area contributed by atoms with Crippen molar-refractivity contribution in [1.82, 2.24) is 14.9 Å². The number of H-pyrrole nitrogens is 1. The average Bonchev–Trinajstić information content (AvgIpc) is 2.84. The molecule has 0 aliphatic rings. The number of benzene rings is 1. The first kappa shape index (κ1) is 12.6. The van der Waals surface area contributed by atoms with Gasteiger partial charge in [0.05, 0.1) is 6.54 Å². The van der Waals surface area contributed by atoms with E-state index in [0.29, 0.717) is 17.8 Å². The Kier molecular flexibility index (Phi) is 3.66. The van der Waals surface area contributed by atoms with Crippen LogP contribution in [0.1, 0.15) is 16.2 Å². The van der Waals surface area contributed by atoms with E-state index in [1.807, 2.05) is 0 Å². The standard InChI is InChI=1S/C12H13BrN4O/c1-17(7-11-15-4-5-16-11)12(18)8-2-3-10(14)9(13)6-8/h2-6H,7,14H2,1H3,(H,15,16). The normalized spacial score (nSPS) is 10.3. The van der Waals surface area contributed by atoms with Gasteiger partial charge in [-0.25, -0.2) is 4.98 Å². The number of halogens is 1. The number of amides is 1. The Bertz CT molecular complexity index is 553. The largest absolute Gasteiger partial charge is 0.398 e. The predicted octanol–water partition coefficient (Wildman–Crippen LogP) is 2.03. The first-order chi connectivity index (χ1) is 8.58. The number of nitrogens with one attached hydrogen (secondary N) is 1. The number of hydrogen-bond acceptors (Lipinski definition) is 3. The van der Waals surface area contributed by atoms with E-state index in [1.165, 1.54) is 0 Å². The van der Waals surface area contributed by atoms with Crippen molar-refractivity contribution < 1.29 is 4.79 Å². The Labute approximate surface area is 113 Å². The smallest absolute Gasteiger partial charge is 0.254 e. The van der Waals surface area contributed by atoms with Crippen LogP contribution in [0, 0.1) is 0 Å². The number of nitrogen functional groups attached to an aromatic ring is 1. The molecule has 0 bridgehead atoms. The lowest BCUT2D eigenvalue weighted by Crippen LogP contribution is -2.26. The second kappa shape index (κ2) is 5.22. The van der Waals surface area contributed by atoms with Crippen molar-refractivity contribution in [3.8, 4) is 0 Å². The SMILES string of the molecule is CN(Cc1ncc[nH]1)C(=O)c1ccc(N)c(Br)c1. The van der Waals surface area contributed by atoms with Gasteiger partial charge >= 0.3 is 0 Å². The van der Waals surface area contributed by atoms with Crippen LogP contribution in [0.3, 0.4) is 0 Å². The topological polar surface area (TPSA) is 75.0 Å². The van der Waals surface area contributed by atoms with Gasteiger partial charge in [0.2, 0.25) is 0 Å². The fourth-order valence-electron chi connectivity index (χ4n) is 1.56. The van der Waals surface area contributed by atoms with Gasteiger partial charge in [-0.1, -0.05) is 0 Å². The first-order valence-electron chi connectivity index (χ1n) is 5.36. The summed E-state index contributed by atoms with van der Waals surface area (Å²) >= 11 is 3.31. The van der Waals surface area contributed by atoms with Gasteiger partial charge in [0.1, 0.15) is 5.82 Å². The van der Waals surface area contributed by atoms with Crippen molar-refractivity contribution >= 4 is 27.5 Å². The maximum atomic E-state index is 12.2. The van der Waals surface area contributed by atoms with Crippen LogP contribution in [0.25, 0.3) is 0 Å². The Morgan fingerprint density at radius 2 is 2.33 bits per heavy atom. The number of hydrogen-bond donors (Lipinski definition) is 2. The van der Waals surface area contributed by atoms with E-state index in [2.05, 4.69) is 25.9 Å². The number of nitrogens with zero attached hydrogens (tertiary/aromatic N) is 2. The molecule has 0 aliphatic heterocycles. The molecule has 6 heteroatoms. The summed E-state index contributed by atoms with van der Waals surface area (Å²) in [4.78, 5) is 20.8. The molecule has 0 radical (unpaired) electrons. The van der Waals surface area contributed by atoms with Crippen molar-refractivity contribution in [2.75, 3.05) is 12.8 Å². The Balaban J connectivity index is 2.12. The molecule has 0 saturated carbocycles. The Morgan fingerprint density at radius 3 is 2.94 bits per heavy atom. The van der Waals surface area contributed by atoms with Gasteiger partial charge in [-0.15, -0.1) is 0 Å². The second-order valence-electron chi connectivity index (χ2n) is 3.93. The molecule has 0 spiro atoms. The molecule has 2 aromatic rings. The maximum Gasteiger partial charge on any atom is 0.254 e. The number of nitrogens with two attached hydrogens (primary N) is 1. The molecule has 1 aromatic heterocycles. The summed E-state index contributed by atoms with van der Waals surface area (Å²) in [7, 11) is 1.73. The molecule has 1 amide bonds. The number of aromatic amines is 1. The Morgan fingerprint density at radius 1 is 1.56 bits per heavy atom. The highest BCUT2D eigenvalue weighted by Crippen LogP contribution is 2.21. The van der Waals surface area contributed by atoms with E-state index in [9.17, 15) is 4.79 Å². The summed E-state index contributed by atoms with van der Waals surface area (Å²) < 4.78 is 0.722. The number of aromatic nitrogens is 2. The van der Waals surface area contributed by atoms with Crippen molar-refractivity contribution in [1.29, 1.82) is 0 Å². The van der Waals surface area contributed by atoms with Crippen LogP contribution < -0.4 is 5.73 Å². The molecule has 0 saturated heterocycles. The quantitative estimate of drug-likeness (QED) is 0.852. The lowest BCUT2D eigenvalue weighted by atomic mass is 10.2. The fraction of sp³-hybridized carbons (Fsp3) is 0.167. The van der Waals surface area contributed by atoms with Gasteiger partial charge in [-0.2, -0.15) is 0 Å². The molecule has 1 heterocycles. The Hall–Kier alpha value is -1.82. The summed E-state index contributed by atoms with van der Waals surface area (Å²) in [5, 5.41) is 0. The van der Waals surface area contributed by atoms with Crippen LogP contribution in [0.5, 0.6) is 0 Å². The van der Waals surface area contributed by atoms with E-state index < -0.39 is 0 Å². The molecule has 2 rings (SSSR count). The van der Waals surface area contributed by atoms with Gasteiger partial charge in [-0.3, -0.25) is 4.79 Å². The van der Waals surface area contributed by atoms with E-state index >= 15 is 0 Å². The summed E-state index contributed by atoms with van der Waals surface area (Å²) in [6, 6.07) is 5.13. The van der Waals surface area contributed by atoms with E-state index in [1.54, 1.807) is 42.5 Å². The molecular formula is C12H13BrN4O. The van der Waals surface area contributed by atoms with Gasteiger partial charge in [-0.05, 0) is 34.1 Å². The molecule has 0 unspecified atom stereocenters. The molecule has 18 heavy (non-hydrogen) atoms. The van der Waals surface area contributed by atoms with Gasteiger partial charge in [0.15, 0.2) is 0 Å². The minimum atomic E-state index is -0.0768. The summed E-state index contributed by atoms with van der Waals surface area (Å²) in [6.45, 7) is 0.438. The fourth-order valence-corrected chi connectivity index (χ4v) is 1.94. The van der Waals surface area contributed by atoms with Crippen LogP contribution >= 0.6 is 15.9 Å². The van der Waals surface area contributed by atoms with E-state index in [0.717, 1.165) is 10.3 Å². The number of imidazole rings is 1. The highest BCUT2D eigenvalue weighted by Gasteiger charge is 2.13. The van der Waals surface area contributed by atoms with Crippen LogP contribution in [0.2, 0.25) is 0 Å². The van der Waals surface area contributed by atoms with Gasteiger partial charge in [0.25, 0.3) is 5.91 Å². The van der Waals surface area contributed by atoms with Crippen molar-refractivity contribution in [3.05, 3.63) is 46.5 Å². The minimum absolute atomic E-state index is 0.0768. The molecule has 3 N–H and O–H groups in total. The van der Waals surface area contributed by atoms with Crippen molar-refractivity contribution in [3.63, 3.8) is 0 Å². The monoisotopic (exact) mass is 308 g/mol. The summed E-state index contributed by atoms with van der Waals surface area (Å²) in [5.41, 5.74) is 6.89. The minimum Gasteiger partial charge on any atom is -0.398 e. The number of rotatable bonds is 3. The molecule has 1 aromatic carbocycles.